The van der Waals surface area contributed by atoms with E-state index in [4.69, 9.17) is 17.4 Å². The van der Waals surface area contributed by atoms with Crippen LogP contribution in [0.2, 0.25) is 0 Å². The first-order valence-corrected chi connectivity index (χ1v) is 11.7. The lowest BCUT2D eigenvalue weighted by molar-refractivity contribution is -0.143. The highest BCUT2D eigenvalue weighted by Crippen LogP contribution is 2.39. The lowest BCUT2D eigenvalue weighted by Gasteiger charge is -2.37. The Balaban J connectivity index is 1.60. The minimum atomic E-state index is -0.584. The average Bonchev–Trinajstić information content (AvgIpc) is 3.54. The second kappa shape index (κ2) is 10.0. The predicted octanol–water partition coefficient (Wildman–Crippen LogP) is 4.30. The fourth-order valence-corrected chi connectivity index (χ4v) is 4.58. The van der Waals surface area contributed by atoms with Gasteiger partial charge in [-0.1, -0.05) is 18.2 Å². The van der Waals surface area contributed by atoms with Crippen molar-refractivity contribution in [3.8, 4) is 0 Å². The molecule has 1 aliphatic heterocycles. The van der Waals surface area contributed by atoms with Crippen molar-refractivity contribution in [2.24, 2.45) is 5.92 Å². The molecule has 1 saturated carbocycles. The molecule has 170 valence electrons. The summed E-state index contributed by atoms with van der Waals surface area (Å²) < 4.78 is 21.6. The molecule has 0 spiro atoms. The van der Waals surface area contributed by atoms with Crippen LogP contribution in [-0.4, -0.2) is 46.2 Å². The molecule has 5 nitrogen and oxygen atoms in total. The third-order valence-corrected chi connectivity index (χ3v) is 6.71. The van der Waals surface area contributed by atoms with Gasteiger partial charge in [0.1, 0.15) is 12.4 Å². The van der Waals surface area contributed by atoms with Crippen LogP contribution < -0.4 is 0 Å². The number of halogens is 1. The van der Waals surface area contributed by atoms with Gasteiger partial charge in [-0.25, -0.2) is 4.39 Å². The number of rotatable bonds is 8. The first-order valence-electron chi connectivity index (χ1n) is 11.2. The van der Waals surface area contributed by atoms with E-state index in [1.807, 2.05) is 29.0 Å². The Labute approximate surface area is 193 Å². The quantitative estimate of drug-likeness (QED) is 0.475. The molecule has 0 radical (unpaired) electrons. The molecule has 2 unspecified atom stereocenters. The molecule has 1 saturated heterocycles. The highest BCUT2D eigenvalue weighted by Gasteiger charge is 2.40. The van der Waals surface area contributed by atoms with Crippen LogP contribution in [-0.2, 0) is 20.9 Å². The summed E-state index contributed by atoms with van der Waals surface area (Å²) in [6.07, 6.45) is 6.41. The zero-order valence-corrected chi connectivity index (χ0v) is 19.1. The van der Waals surface area contributed by atoms with Crippen LogP contribution in [0.3, 0.4) is 0 Å². The van der Waals surface area contributed by atoms with Crippen molar-refractivity contribution in [3.63, 3.8) is 0 Å². The second-order valence-electron chi connectivity index (χ2n) is 8.46. The monoisotopic (exact) mass is 456 g/mol. The smallest absolute Gasteiger partial charge is 0.325 e. The van der Waals surface area contributed by atoms with Crippen LogP contribution in [0, 0.1) is 11.7 Å². The second-order valence-corrected chi connectivity index (χ2v) is 9.08. The molecule has 2 fully saturated rings. The Morgan fingerprint density at radius 2 is 2.00 bits per heavy atom. The molecule has 0 N–H and O–H groups in total. The molecule has 1 aliphatic carbocycles. The van der Waals surface area contributed by atoms with Crippen molar-refractivity contribution >= 4 is 30.5 Å². The maximum atomic E-state index is 14.7. The number of ether oxygens (including phenoxy) is 1. The molecule has 32 heavy (non-hydrogen) atoms. The van der Waals surface area contributed by atoms with Gasteiger partial charge in [0.2, 0.25) is 0 Å². The number of benzene rings is 1. The largest absolute Gasteiger partial charge is 0.465 e. The number of hydrogen-bond acceptors (Lipinski definition) is 5. The fraction of sp³-hybridized carbons (Fsp3) is 0.440. The van der Waals surface area contributed by atoms with Gasteiger partial charge in [0.25, 0.3) is 0 Å². The number of carbonyl (C=O) groups is 2. The average molecular weight is 457 g/mol. The van der Waals surface area contributed by atoms with E-state index < -0.39 is 6.04 Å². The summed E-state index contributed by atoms with van der Waals surface area (Å²) in [7, 11) is 0. The number of piperidine rings is 1. The summed E-state index contributed by atoms with van der Waals surface area (Å²) >= 11 is 4.77. The van der Waals surface area contributed by atoms with E-state index in [2.05, 4.69) is 4.90 Å². The number of carbonyl (C=O) groups excluding carboxylic acids is 2. The minimum absolute atomic E-state index is 0.0302. The molecule has 2 heterocycles. The molecule has 1 aromatic heterocycles. The zero-order valence-electron chi connectivity index (χ0n) is 18.2. The first-order chi connectivity index (χ1) is 15.5. The molecule has 2 aliphatic rings. The first kappa shape index (κ1) is 22.8. The molecule has 2 atom stereocenters. The van der Waals surface area contributed by atoms with Crippen molar-refractivity contribution in [2.45, 2.75) is 44.0 Å². The summed E-state index contributed by atoms with van der Waals surface area (Å²) in [5.41, 5.74) is 2.38. The third kappa shape index (κ3) is 5.15. The lowest BCUT2D eigenvalue weighted by atomic mass is 9.93. The van der Waals surface area contributed by atoms with E-state index in [0.29, 0.717) is 25.3 Å². The zero-order chi connectivity index (χ0) is 22.7. The number of hydrogen-bond donors (Lipinski definition) is 1. The van der Waals surface area contributed by atoms with E-state index in [9.17, 15) is 14.0 Å². The molecule has 1 aromatic carbocycles. The molecule has 0 amide bonds. The van der Waals surface area contributed by atoms with Crippen LogP contribution >= 0.6 is 12.6 Å². The summed E-state index contributed by atoms with van der Waals surface area (Å²) in [5.74, 6) is -0.487. The molecular formula is C25H29FN2O3S. The summed E-state index contributed by atoms with van der Waals surface area (Å²) in [5, 5.41) is 0.0366. The van der Waals surface area contributed by atoms with Gasteiger partial charge in [0, 0.05) is 41.7 Å². The fourth-order valence-electron chi connectivity index (χ4n) is 4.31. The summed E-state index contributed by atoms with van der Waals surface area (Å²) in [4.78, 5) is 27.2. The molecular weight excluding hydrogens is 427 g/mol. The van der Waals surface area contributed by atoms with Crippen molar-refractivity contribution in [3.05, 3.63) is 65.2 Å². The van der Waals surface area contributed by atoms with Crippen LogP contribution in [0.15, 0.2) is 48.2 Å². The van der Waals surface area contributed by atoms with Crippen LogP contribution in [0.5, 0.6) is 0 Å². The molecule has 7 heteroatoms. The number of nitrogens with zero attached hydrogens (tertiary/aromatic N) is 2. The highest BCUT2D eigenvalue weighted by atomic mass is 32.1. The third-order valence-electron chi connectivity index (χ3n) is 6.12. The molecule has 2 aromatic rings. The van der Waals surface area contributed by atoms with Gasteiger partial charge in [-0.05, 0) is 56.0 Å². The maximum Gasteiger partial charge on any atom is 0.325 e. The van der Waals surface area contributed by atoms with Crippen molar-refractivity contribution in [1.29, 1.82) is 0 Å². The van der Waals surface area contributed by atoms with Gasteiger partial charge in [0.15, 0.2) is 5.78 Å². The van der Waals surface area contributed by atoms with Crippen molar-refractivity contribution in [1.82, 2.24) is 9.47 Å². The van der Waals surface area contributed by atoms with E-state index in [-0.39, 0.29) is 35.3 Å². The topological polar surface area (TPSA) is 51.5 Å². The normalized spacial score (nSPS) is 21.5. The Morgan fingerprint density at radius 3 is 2.72 bits per heavy atom. The minimum Gasteiger partial charge on any atom is -0.465 e. The standard InChI is InChI=1S/C25H29FN2O3S/c1-2-31-23(29)16-27-12-5-6-19(27)14-18-15-28(13-11-22(18)32)24(25(30)17-9-10-17)20-7-3-4-8-21(20)26/h3-8,12,14,17,22,24,32H,2,9-11,13,15-16H2,1H3/b18-14+. The van der Waals surface area contributed by atoms with Crippen LogP contribution in [0.1, 0.15) is 43.5 Å². The number of esters is 1. The van der Waals surface area contributed by atoms with Crippen molar-refractivity contribution < 1.29 is 18.7 Å². The van der Waals surface area contributed by atoms with Crippen LogP contribution in [0.4, 0.5) is 4.39 Å². The number of thiol groups is 1. The van der Waals surface area contributed by atoms with Crippen molar-refractivity contribution in [2.75, 3.05) is 19.7 Å². The number of likely N-dealkylation sites (tertiary alicyclic amines) is 1. The van der Waals surface area contributed by atoms with Gasteiger partial charge in [-0.15, -0.1) is 0 Å². The Kier molecular flexibility index (Phi) is 7.16. The predicted molar refractivity (Wildman–Crippen MR) is 125 cm³/mol. The van der Waals surface area contributed by atoms with E-state index in [1.165, 1.54) is 6.07 Å². The van der Waals surface area contributed by atoms with E-state index in [0.717, 1.165) is 30.5 Å². The SMILES string of the molecule is CCOC(=O)Cn1cccc1/C=C1\CN(C(C(=O)C2CC2)c2ccccc2F)CCC1S. The lowest BCUT2D eigenvalue weighted by Crippen LogP contribution is -2.42. The summed E-state index contributed by atoms with van der Waals surface area (Å²) in [6.45, 7) is 3.46. The number of aromatic nitrogens is 1. The van der Waals surface area contributed by atoms with E-state index in [1.54, 1.807) is 25.1 Å². The maximum absolute atomic E-state index is 14.7. The Hall–Kier alpha value is -2.38. The highest BCUT2D eigenvalue weighted by molar-refractivity contribution is 7.81. The summed E-state index contributed by atoms with van der Waals surface area (Å²) in [6, 6.07) is 9.83. The van der Waals surface area contributed by atoms with Gasteiger partial charge in [-0.2, -0.15) is 12.6 Å². The van der Waals surface area contributed by atoms with Crippen LogP contribution in [0.25, 0.3) is 6.08 Å². The number of ketones is 1. The van der Waals surface area contributed by atoms with Gasteiger partial charge in [0.05, 0.1) is 12.6 Å². The Morgan fingerprint density at radius 1 is 1.22 bits per heavy atom. The van der Waals surface area contributed by atoms with Gasteiger partial charge in [-0.3, -0.25) is 14.5 Å². The Bertz CT molecular complexity index is 1010. The molecule has 4 rings (SSSR count). The molecule has 0 bridgehead atoms. The van der Waals surface area contributed by atoms with E-state index >= 15 is 0 Å². The van der Waals surface area contributed by atoms with Gasteiger partial charge >= 0.3 is 5.97 Å². The van der Waals surface area contributed by atoms with Gasteiger partial charge < -0.3 is 9.30 Å². The number of Topliss-reactive ketones (excluding diaryl/α,β-unsaturated/α-hetero) is 1.